The minimum Gasteiger partial charge on any atom is -0.298 e. The van der Waals surface area contributed by atoms with Crippen molar-refractivity contribution in [3.8, 4) is 0 Å². The zero-order valence-corrected chi connectivity index (χ0v) is 11.8. The van der Waals surface area contributed by atoms with Crippen LogP contribution in [0.2, 0.25) is 0 Å². The third-order valence-electron chi connectivity index (χ3n) is 4.98. The predicted molar refractivity (Wildman–Crippen MR) is 82.5 cm³/mol. The Morgan fingerprint density at radius 2 is 1.30 bits per heavy atom. The van der Waals surface area contributed by atoms with Crippen LogP contribution >= 0.6 is 0 Å². The van der Waals surface area contributed by atoms with Gasteiger partial charge in [-0.1, -0.05) is 54.6 Å². The summed E-state index contributed by atoms with van der Waals surface area (Å²) in [6.45, 7) is 3.66. The highest BCUT2D eigenvalue weighted by Crippen LogP contribution is 2.36. The van der Waals surface area contributed by atoms with E-state index in [4.69, 9.17) is 0 Å². The highest BCUT2D eigenvalue weighted by atomic mass is 15.2. The van der Waals surface area contributed by atoms with Crippen LogP contribution < -0.4 is 0 Å². The number of fused-ring (bicyclic) bond motifs is 2. The van der Waals surface area contributed by atoms with Crippen molar-refractivity contribution >= 4 is 0 Å². The Hall–Kier alpha value is -1.60. The molecule has 0 saturated carbocycles. The van der Waals surface area contributed by atoms with Crippen molar-refractivity contribution in [3.63, 3.8) is 0 Å². The van der Waals surface area contributed by atoms with Crippen LogP contribution in [0.25, 0.3) is 0 Å². The lowest BCUT2D eigenvalue weighted by atomic mass is 9.78. The van der Waals surface area contributed by atoms with Gasteiger partial charge in [0.05, 0.1) is 0 Å². The van der Waals surface area contributed by atoms with Crippen LogP contribution in [0.4, 0.5) is 0 Å². The molecule has 0 amide bonds. The molecule has 1 nitrogen and oxygen atoms in total. The molecule has 1 aliphatic carbocycles. The number of hydrogen-bond acceptors (Lipinski definition) is 1. The molecule has 1 fully saturated rings. The standard InChI is InChI=1S/C19H21N/c1-2-6-15(7-3-1)12-20-13-18-10-16-8-4-5-9-17(16)11-19(18)14-20/h1-9,18-19H,10-14H2/t18-,19+. The van der Waals surface area contributed by atoms with Crippen molar-refractivity contribution in [2.24, 2.45) is 11.8 Å². The number of hydrogen-bond donors (Lipinski definition) is 0. The molecule has 20 heavy (non-hydrogen) atoms. The summed E-state index contributed by atoms with van der Waals surface area (Å²) in [7, 11) is 0. The van der Waals surface area contributed by atoms with E-state index in [9.17, 15) is 0 Å². The van der Waals surface area contributed by atoms with Crippen LogP contribution in [0.5, 0.6) is 0 Å². The van der Waals surface area contributed by atoms with Gasteiger partial charge in [-0.2, -0.15) is 0 Å². The molecule has 102 valence electrons. The van der Waals surface area contributed by atoms with Gasteiger partial charge >= 0.3 is 0 Å². The first-order valence-electron chi connectivity index (χ1n) is 7.71. The van der Waals surface area contributed by atoms with E-state index in [1.54, 1.807) is 11.1 Å². The molecule has 2 aromatic carbocycles. The topological polar surface area (TPSA) is 3.24 Å². The largest absolute Gasteiger partial charge is 0.298 e. The molecule has 0 spiro atoms. The molecule has 1 aliphatic heterocycles. The van der Waals surface area contributed by atoms with E-state index in [-0.39, 0.29) is 0 Å². The third kappa shape index (κ3) is 2.27. The van der Waals surface area contributed by atoms with Gasteiger partial charge in [-0.15, -0.1) is 0 Å². The lowest BCUT2D eigenvalue weighted by Gasteiger charge is -2.26. The fourth-order valence-electron chi connectivity index (χ4n) is 3.99. The van der Waals surface area contributed by atoms with E-state index in [1.165, 1.54) is 31.5 Å². The number of rotatable bonds is 2. The monoisotopic (exact) mass is 263 g/mol. The van der Waals surface area contributed by atoms with Crippen LogP contribution in [0.3, 0.4) is 0 Å². The zero-order valence-electron chi connectivity index (χ0n) is 11.8. The van der Waals surface area contributed by atoms with Gasteiger partial charge in [0.2, 0.25) is 0 Å². The van der Waals surface area contributed by atoms with Crippen molar-refractivity contribution in [1.82, 2.24) is 4.90 Å². The Labute approximate surface area is 121 Å². The maximum Gasteiger partial charge on any atom is 0.0233 e. The first kappa shape index (κ1) is 12.2. The summed E-state index contributed by atoms with van der Waals surface area (Å²) in [5, 5.41) is 0. The van der Waals surface area contributed by atoms with Gasteiger partial charge in [0.1, 0.15) is 0 Å². The fraction of sp³-hybridized carbons (Fsp3) is 0.368. The smallest absolute Gasteiger partial charge is 0.0233 e. The number of benzene rings is 2. The Balaban J connectivity index is 1.47. The summed E-state index contributed by atoms with van der Waals surface area (Å²) < 4.78 is 0. The van der Waals surface area contributed by atoms with Gasteiger partial charge in [-0.25, -0.2) is 0 Å². The van der Waals surface area contributed by atoms with Crippen molar-refractivity contribution in [2.75, 3.05) is 13.1 Å². The quantitative estimate of drug-likeness (QED) is 0.801. The molecular formula is C19H21N. The summed E-state index contributed by atoms with van der Waals surface area (Å²) in [4.78, 5) is 2.65. The van der Waals surface area contributed by atoms with E-state index < -0.39 is 0 Å². The van der Waals surface area contributed by atoms with Gasteiger partial charge in [-0.3, -0.25) is 4.90 Å². The fourth-order valence-corrected chi connectivity index (χ4v) is 3.99. The summed E-state index contributed by atoms with van der Waals surface area (Å²) in [6.07, 6.45) is 2.57. The summed E-state index contributed by atoms with van der Waals surface area (Å²) >= 11 is 0. The normalized spacial score (nSPS) is 25.2. The van der Waals surface area contributed by atoms with Crippen molar-refractivity contribution in [2.45, 2.75) is 19.4 Å². The minimum absolute atomic E-state index is 0.869. The van der Waals surface area contributed by atoms with Crippen molar-refractivity contribution in [1.29, 1.82) is 0 Å². The molecule has 0 bridgehead atoms. The van der Waals surface area contributed by atoms with Gasteiger partial charge in [-0.05, 0) is 41.4 Å². The number of likely N-dealkylation sites (tertiary alicyclic amines) is 1. The zero-order chi connectivity index (χ0) is 13.4. The van der Waals surface area contributed by atoms with E-state index in [0.717, 1.165) is 18.4 Å². The van der Waals surface area contributed by atoms with E-state index in [2.05, 4.69) is 59.5 Å². The number of nitrogens with zero attached hydrogens (tertiary/aromatic N) is 1. The highest BCUT2D eigenvalue weighted by Gasteiger charge is 2.35. The van der Waals surface area contributed by atoms with Gasteiger partial charge in [0, 0.05) is 19.6 Å². The second kappa shape index (κ2) is 5.06. The molecule has 0 aromatic heterocycles. The van der Waals surface area contributed by atoms with E-state index in [0.29, 0.717) is 0 Å². The lowest BCUT2D eigenvalue weighted by molar-refractivity contribution is 0.314. The SMILES string of the molecule is c1ccc(CN2C[C@H]3Cc4ccccc4C[C@H]3C2)cc1. The second-order valence-corrected chi connectivity index (χ2v) is 6.38. The van der Waals surface area contributed by atoms with Gasteiger partial charge < -0.3 is 0 Å². The Morgan fingerprint density at radius 1 is 0.750 bits per heavy atom. The molecule has 1 heterocycles. The Morgan fingerprint density at radius 3 is 1.90 bits per heavy atom. The molecule has 0 radical (unpaired) electrons. The molecule has 0 N–H and O–H groups in total. The summed E-state index contributed by atoms with van der Waals surface area (Å²) in [6, 6.07) is 19.9. The molecule has 1 saturated heterocycles. The average Bonchev–Trinajstić information content (AvgIpc) is 2.86. The van der Waals surface area contributed by atoms with Crippen LogP contribution in [0.15, 0.2) is 54.6 Å². The Kier molecular flexibility index (Phi) is 3.08. The van der Waals surface area contributed by atoms with E-state index in [1.807, 2.05) is 0 Å². The highest BCUT2D eigenvalue weighted by molar-refractivity contribution is 5.31. The maximum atomic E-state index is 2.65. The van der Waals surface area contributed by atoms with Crippen LogP contribution in [-0.4, -0.2) is 18.0 Å². The molecule has 2 aromatic rings. The second-order valence-electron chi connectivity index (χ2n) is 6.38. The lowest BCUT2D eigenvalue weighted by Crippen LogP contribution is -2.23. The van der Waals surface area contributed by atoms with Crippen LogP contribution in [0, 0.1) is 11.8 Å². The summed E-state index contributed by atoms with van der Waals surface area (Å²) in [5.41, 5.74) is 4.63. The molecule has 2 atom stereocenters. The predicted octanol–water partition coefficient (Wildman–Crippen LogP) is 3.53. The molecule has 0 unspecified atom stereocenters. The Bertz CT molecular complexity index is 557. The maximum absolute atomic E-state index is 2.65. The molecule has 4 rings (SSSR count). The molecule has 1 heteroatoms. The van der Waals surface area contributed by atoms with Crippen molar-refractivity contribution in [3.05, 3.63) is 71.3 Å². The average molecular weight is 263 g/mol. The van der Waals surface area contributed by atoms with Crippen molar-refractivity contribution < 1.29 is 0 Å². The van der Waals surface area contributed by atoms with Gasteiger partial charge in [0.25, 0.3) is 0 Å². The first-order valence-corrected chi connectivity index (χ1v) is 7.71. The van der Waals surface area contributed by atoms with Crippen LogP contribution in [-0.2, 0) is 19.4 Å². The molecular weight excluding hydrogens is 242 g/mol. The van der Waals surface area contributed by atoms with E-state index >= 15 is 0 Å². The minimum atomic E-state index is 0.869. The van der Waals surface area contributed by atoms with Crippen LogP contribution in [0.1, 0.15) is 16.7 Å². The van der Waals surface area contributed by atoms with Gasteiger partial charge in [0.15, 0.2) is 0 Å². The third-order valence-corrected chi connectivity index (χ3v) is 4.98. The molecule has 2 aliphatic rings. The first-order chi connectivity index (χ1) is 9.88. The summed E-state index contributed by atoms with van der Waals surface area (Å²) in [5.74, 6) is 1.74.